The molecule has 0 N–H and O–H groups in total. The minimum Gasteiger partial charge on any atom is -0.361 e. The molecule has 136 valence electrons. The zero-order valence-electron chi connectivity index (χ0n) is 14.8. The van der Waals surface area contributed by atoms with Crippen LogP contribution >= 0.6 is 11.5 Å². The predicted octanol–water partition coefficient (Wildman–Crippen LogP) is 3.54. The van der Waals surface area contributed by atoms with Gasteiger partial charge in [0.1, 0.15) is 18.0 Å². The molecular formula is C19H21N3O3S. The fourth-order valence-corrected chi connectivity index (χ4v) is 4.43. The largest absolute Gasteiger partial charge is 0.361 e. The zero-order chi connectivity index (χ0) is 18.3. The molecule has 0 unspecified atom stereocenters. The molecule has 6 nitrogen and oxygen atoms in total. The van der Waals surface area contributed by atoms with Gasteiger partial charge in [0.2, 0.25) is 5.91 Å². The number of hydrogen-bond donors (Lipinski definition) is 0. The lowest BCUT2D eigenvalue weighted by Crippen LogP contribution is -2.35. The van der Waals surface area contributed by atoms with Gasteiger partial charge in [-0.05, 0) is 25.0 Å². The van der Waals surface area contributed by atoms with Crippen molar-refractivity contribution < 1.29 is 9.32 Å². The van der Waals surface area contributed by atoms with Gasteiger partial charge in [0, 0.05) is 18.5 Å². The summed E-state index contributed by atoms with van der Waals surface area (Å²) in [5.74, 6) is 1.05. The number of carbonyl (C=O) groups excluding carboxylic acids is 1. The van der Waals surface area contributed by atoms with Gasteiger partial charge in [-0.3, -0.25) is 13.5 Å². The molecule has 0 aliphatic carbocycles. The van der Waals surface area contributed by atoms with Crippen LogP contribution in [0.2, 0.25) is 0 Å². The molecule has 3 aromatic rings. The monoisotopic (exact) mass is 371 g/mol. The van der Waals surface area contributed by atoms with Crippen LogP contribution in [-0.2, 0) is 11.3 Å². The first kappa shape index (κ1) is 17.0. The van der Waals surface area contributed by atoms with Crippen LogP contribution in [0.3, 0.4) is 0 Å². The Kier molecular flexibility index (Phi) is 4.40. The number of benzene rings is 1. The Balaban J connectivity index is 1.56. The maximum atomic E-state index is 12.9. The second-order valence-electron chi connectivity index (χ2n) is 6.98. The summed E-state index contributed by atoms with van der Waals surface area (Å²) >= 11 is 1.34. The second kappa shape index (κ2) is 6.72. The molecule has 1 fully saturated rings. The maximum absolute atomic E-state index is 12.9. The summed E-state index contributed by atoms with van der Waals surface area (Å²) in [4.78, 5) is 27.2. The average Bonchev–Trinajstić information content (AvgIpc) is 3.34. The first-order chi connectivity index (χ1) is 12.5. The van der Waals surface area contributed by atoms with Crippen LogP contribution in [0, 0.1) is 0 Å². The molecule has 7 heteroatoms. The third kappa shape index (κ3) is 2.96. The fraction of sp³-hybridized carbons (Fsp3) is 0.421. The van der Waals surface area contributed by atoms with Gasteiger partial charge in [0.25, 0.3) is 5.56 Å². The van der Waals surface area contributed by atoms with E-state index in [1.807, 2.05) is 29.2 Å². The van der Waals surface area contributed by atoms with Gasteiger partial charge < -0.3 is 9.42 Å². The summed E-state index contributed by atoms with van der Waals surface area (Å²) in [7, 11) is 0. The topological polar surface area (TPSA) is 68.3 Å². The predicted molar refractivity (Wildman–Crippen MR) is 100 cm³/mol. The second-order valence-corrected chi connectivity index (χ2v) is 8.05. The highest BCUT2D eigenvalue weighted by Gasteiger charge is 2.32. The van der Waals surface area contributed by atoms with Crippen molar-refractivity contribution in [3.8, 4) is 0 Å². The van der Waals surface area contributed by atoms with E-state index in [2.05, 4.69) is 19.0 Å². The summed E-state index contributed by atoms with van der Waals surface area (Å²) < 4.78 is 7.85. The third-order valence-electron chi connectivity index (χ3n) is 4.86. The Morgan fingerprint density at radius 1 is 1.38 bits per heavy atom. The van der Waals surface area contributed by atoms with Crippen LogP contribution in [0.25, 0.3) is 10.1 Å². The normalized spacial score (nSPS) is 17.5. The molecule has 3 heterocycles. The minimum atomic E-state index is -0.0989. The average molecular weight is 371 g/mol. The van der Waals surface area contributed by atoms with E-state index >= 15 is 0 Å². The highest BCUT2D eigenvalue weighted by atomic mass is 32.1. The minimum absolute atomic E-state index is 0.0461. The van der Waals surface area contributed by atoms with Gasteiger partial charge in [-0.25, -0.2) is 0 Å². The molecule has 4 rings (SSSR count). The van der Waals surface area contributed by atoms with Gasteiger partial charge in [-0.1, -0.05) is 42.7 Å². The summed E-state index contributed by atoms with van der Waals surface area (Å²) in [6, 6.07) is 9.34. The SMILES string of the molecule is CC(C)c1cc([C@H]2CCCN2C(=O)Cn2sc3ccccc3c2=O)no1. The number of likely N-dealkylation sites (tertiary alicyclic amines) is 1. The number of fused-ring (bicyclic) bond motifs is 1. The fourth-order valence-electron chi connectivity index (χ4n) is 3.44. The van der Waals surface area contributed by atoms with Crippen molar-refractivity contribution in [2.75, 3.05) is 6.54 Å². The van der Waals surface area contributed by atoms with Crippen molar-refractivity contribution in [2.24, 2.45) is 0 Å². The summed E-state index contributed by atoms with van der Waals surface area (Å²) in [5.41, 5.74) is 0.710. The molecule has 1 amide bonds. The summed E-state index contributed by atoms with van der Waals surface area (Å²) in [5, 5.41) is 4.84. The summed E-state index contributed by atoms with van der Waals surface area (Å²) in [6.07, 6.45) is 1.80. The number of rotatable bonds is 4. The van der Waals surface area contributed by atoms with Crippen LogP contribution in [0.5, 0.6) is 0 Å². The molecule has 1 aromatic carbocycles. The molecule has 0 bridgehead atoms. The van der Waals surface area contributed by atoms with E-state index in [0.717, 1.165) is 29.0 Å². The van der Waals surface area contributed by atoms with Gasteiger partial charge >= 0.3 is 0 Å². The molecule has 2 aromatic heterocycles. The quantitative estimate of drug-likeness (QED) is 0.703. The van der Waals surface area contributed by atoms with Crippen molar-refractivity contribution in [1.82, 2.24) is 14.0 Å². The van der Waals surface area contributed by atoms with Crippen LogP contribution in [0.15, 0.2) is 39.6 Å². The van der Waals surface area contributed by atoms with E-state index in [4.69, 9.17) is 4.52 Å². The molecule has 0 radical (unpaired) electrons. The van der Waals surface area contributed by atoms with E-state index in [-0.39, 0.29) is 30.0 Å². The number of carbonyl (C=O) groups is 1. The van der Waals surface area contributed by atoms with Crippen molar-refractivity contribution in [2.45, 2.75) is 45.2 Å². The first-order valence-electron chi connectivity index (χ1n) is 8.89. The van der Waals surface area contributed by atoms with Crippen molar-refractivity contribution in [3.63, 3.8) is 0 Å². The van der Waals surface area contributed by atoms with E-state index in [1.165, 1.54) is 11.5 Å². The molecule has 1 atom stereocenters. The molecule has 1 saturated heterocycles. The molecular weight excluding hydrogens is 350 g/mol. The van der Waals surface area contributed by atoms with Crippen LogP contribution in [0.4, 0.5) is 0 Å². The van der Waals surface area contributed by atoms with E-state index < -0.39 is 0 Å². The lowest BCUT2D eigenvalue weighted by Gasteiger charge is -2.22. The van der Waals surface area contributed by atoms with Crippen molar-refractivity contribution in [1.29, 1.82) is 0 Å². The Morgan fingerprint density at radius 3 is 2.92 bits per heavy atom. The lowest BCUT2D eigenvalue weighted by atomic mass is 10.1. The first-order valence-corrected chi connectivity index (χ1v) is 9.67. The van der Waals surface area contributed by atoms with E-state index in [0.29, 0.717) is 11.9 Å². The van der Waals surface area contributed by atoms with Gasteiger partial charge in [0.05, 0.1) is 16.1 Å². The third-order valence-corrected chi connectivity index (χ3v) is 5.93. The Morgan fingerprint density at radius 2 is 2.19 bits per heavy atom. The smallest absolute Gasteiger partial charge is 0.268 e. The standard InChI is InChI=1S/C19H21N3O3S/c1-12(2)16-10-14(20-25-16)15-7-5-9-21(15)18(23)11-22-19(24)13-6-3-4-8-17(13)26-22/h3-4,6,8,10,12,15H,5,7,9,11H2,1-2H3/t15-/m1/s1. The van der Waals surface area contributed by atoms with Crippen molar-refractivity contribution in [3.05, 3.63) is 52.1 Å². The number of aromatic nitrogens is 2. The number of amides is 1. The zero-order valence-corrected chi connectivity index (χ0v) is 15.7. The molecule has 0 spiro atoms. The lowest BCUT2D eigenvalue weighted by molar-refractivity contribution is -0.132. The van der Waals surface area contributed by atoms with Crippen LogP contribution in [0.1, 0.15) is 50.1 Å². The molecule has 26 heavy (non-hydrogen) atoms. The molecule has 1 aliphatic heterocycles. The molecule has 1 aliphatic rings. The maximum Gasteiger partial charge on any atom is 0.268 e. The Labute approximate surface area is 155 Å². The highest BCUT2D eigenvalue weighted by molar-refractivity contribution is 7.13. The number of nitrogens with zero attached hydrogens (tertiary/aromatic N) is 3. The van der Waals surface area contributed by atoms with Gasteiger partial charge in [-0.15, -0.1) is 0 Å². The van der Waals surface area contributed by atoms with E-state index in [1.54, 1.807) is 10.0 Å². The van der Waals surface area contributed by atoms with E-state index in [9.17, 15) is 9.59 Å². The van der Waals surface area contributed by atoms with Gasteiger partial charge in [0.15, 0.2) is 0 Å². The van der Waals surface area contributed by atoms with Crippen LogP contribution in [-0.4, -0.2) is 26.5 Å². The van der Waals surface area contributed by atoms with Crippen molar-refractivity contribution >= 4 is 27.5 Å². The van der Waals surface area contributed by atoms with Gasteiger partial charge in [-0.2, -0.15) is 0 Å². The summed E-state index contributed by atoms with van der Waals surface area (Å²) in [6.45, 7) is 4.86. The highest BCUT2D eigenvalue weighted by Crippen LogP contribution is 2.33. The van der Waals surface area contributed by atoms with Crippen LogP contribution < -0.4 is 5.56 Å². The number of hydrogen-bond acceptors (Lipinski definition) is 5. The Hall–Kier alpha value is -2.41. The molecule has 0 saturated carbocycles. The Bertz CT molecular complexity index is 1000.